The van der Waals surface area contributed by atoms with Crippen LogP contribution in [-0.4, -0.2) is 69.4 Å². The molecule has 2 aromatic heterocycles. The molecule has 2 atom stereocenters. The van der Waals surface area contributed by atoms with Gasteiger partial charge in [-0.3, -0.25) is 9.48 Å². The molecule has 0 radical (unpaired) electrons. The van der Waals surface area contributed by atoms with Gasteiger partial charge < -0.3 is 19.5 Å². The average Bonchev–Trinajstić information content (AvgIpc) is 3.37. The summed E-state index contributed by atoms with van der Waals surface area (Å²) in [7, 11) is 1.88. The molecule has 1 amide bonds. The van der Waals surface area contributed by atoms with Crippen LogP contribution < -0.4 is 0 Å². The first-order valence-electron chi connectivity index (χ1n) is 9.87. The number of likely N-dealkylation sites (tertiary alicyclic amines) is 1. The highest BCUT2D eigenvalue weighted by molar-refractivity contribution is 5.93. The van der Waals surface area contributed by atoms with Crippen molar-refractivity contribution in [1.29, 1.82) is 5.26 Å². The Kier molecular flexibility index (Phi) is 5.46. The minimum atomic E-state index is -0.203. The summed E-state index contributed by atoms with van der Waals surface area (Å²) >= 11 is 0. The third-order valence-electron chi connectivity index (χ3n) is 5.61. The lowest BCUT2D eigenvalue weighted by Gasteiger charge is -2.43. The fraction of sp³-hybridized carbons (Fsp3) is 0.550. The molecule has 148 valence electrons. The first-order valence-corrected chi connectivity index (χ1v) is 9.87. The molecule has 0 saturated carbocycles. The molecule has 0 aromatic carbocycles. The molecular weight excluding hydrogens is 356 g/mol. The molecule has 0 aliphatic carbocycles. The number of H-pyrrole nitrogens is 1. The van der Waals surface area contributed by atoms with Crippen molar-refractivity contribution in [3.63, 3.8) is 0 Å². The highest BCUT2D eigenvalue weighted by atomic mass is 16.5. The van der Waals surface area contributed by atoms with E-state index in [1.807, 2.05) is 24.3 Å². The number of aromatic nitrogens is 3. The van der Waals surface area contributed by atoms with Gasteiger partial charge in [0.1, 0.15) is 11.8 Å². The van der Waals surface area contributed by atoms with E-state index in [4.69, 9.17) is 10.00 Å². The second kappa shape index (κ2) is 8.17. The molecule has 4 heterocycles. The van der Waals surface area contributed by atoms with Crippen LogP contribution in [0.25, 0.3) is 0 Å². The molecule has 8 heteroatoms. The predicted octanol–water partition coefficient (Wildman–Crippen LogP) is 1.69. The molecule has 4 rings (SSSR count). The van der Waals surface area contributed by atoms with Crippen molar-refractivity contribution in [2.75, 3.05) is 32.8 Å². The van der Waals surface area contributed by atoms with Crippen molar-refractivity contribution in [3.05, 3.63) is 41.5 Å². The van der Waals surface area contributed by atoms with Crippen molar-refractivity contribution in [1.82, 2.24) is 24.6 Å². The number of morpholine rings is 1. The largest absolute Gasteiger partial charge is 0.373 e. The molecule has 0 unspecified atom stereocenters. The minimum absolute atomic E-state index is 0.106. The third-order valence-corrected chi connectivity index (χ3v) is 5.61. The number of hydrogen-bond donors (Lipinski definition) is 1. The Labute approximate surface area is 164 Å². The Balaban J connectivity index is 1.61. The quantitative estimate of drug-likeness (QED) is 0.869. The molecule has 8 nitrogen and oxygen atoms in total. The van der Waals surface area contributed by atoms with Crippen molar-refractivity contribution in [2.45, 2.75) is 31.4 Å². The van der Waals surface area contributed by atoms with E-state index in [1.54, 1.807) is 16.9 Å². The smallest absolute Gasteiger partial charge is 0.270 e. The third kappa shape index (κ3) is 3.81. The van der Waals surface area contributed by atoms with Gasteiger partial charge in [-0.25, -0.2) is 0 Å². The normalized spacial score (nSPS) is 23.5. The first-order chi connectivity index (χ1) is 13.7. The molecule has 28 heavy (non-hydrogen) atoms. The maximum absolute atomic E-state index is 13.2. The maximum atomic E-state index is 13.2. The second-order valence-electron chi connectivity index (χ2n) is 7.58. The van der Waals surface area contributed by atoms with Crippen LogP contribution in [0.15, 0.2) is 24.7 Å². The monoisotopic (exact) mass is 382 g/mol. The summed E-state index contributed by atoms with van der Waals surface area (Å²) in [5.41, 5.74) is 1.87. The highest BCUT2D eigenvalue weighted by Crippen LogP contribution is 2.31. The summed E-state index contributed by atoms with van der Waals surface area (Å²) in [4.78, 5) is 20.5. The zero-order valence-electron chi connectivity index (χ0n) is 16.2. The molecule has 0 spiro atoms. The van der Waals surface area contributed by atoms with Gasteiger partial charge in [0.15, 0.2) is 0 Å². The van der Waals surface area contributed by atoms with Gasteiger partial charge in [0.05, 0.1) is 30.5 Å². The second-order valence-corrected chi connectivity index (χ2v) is 7.58. The fourth-order valence-electron chi connectivity index (χ4n) is 4.23. The number of carbonyl (C=O) groups excluding carboxylic acids is 1. The molecule has 0 bridgehead atoms. The lowest BCUT2D eigenvalue weighted by Crippen LogP contribution is -2.52. The van der Waals surface area contributed by atoms with Crippen LogP contribution in [0.3, 0.4) is 0 Å². The van der Waals surface area contributed by atoms with Crippen molar-refractivity contribution in [3.8, 4) is 6.07 Å². The van der Waals surface area contributed by atoms with Crippen molar-refractivity contribution in [2.24, 2.45) is 7.05 Å². The van der Waals surface area contributed by atoms with E-state index < -0.39 is 0 Å². The van der Waals surface area contributed by atoms with E-state index >= 15 is 0 Å². The number of ether oxygens (including phenoxy) is 1. The van der Waals surface area contributed by atoms with Crippen molar-refractivity contribution < 1.29 is 9.53 Å². The van der Waals surface area contributed by atoms with Gasteiger partial charge in [-0.2, -0.15) is 10.4 Å². The molecule has 2 saturated heterocycles. The standard InChI is InChI=1S/C20H26N6O2/c1-24-13-16(12-23-24)19-18(14-25-5-3-2-4-6-25)28-8-7-26(19)20(27)17-9-15(10-21)11-22-17/h9,11-13,18-19,22H,2-8,14H2,1H3/t18-,19-/m0/s1. The number of aryl methyl sites for hydroxylation is 1. The van der Waals surface area contributed by atoms with E-state index in [9.17, 15) is 4.79 Å². The molecule has 2 fully saturated rings. The van der Waals surface area contributed by atoms with Gasteiger partial charge in [-0.1, -0.05) is 6.42 Å². The zero-order valence-corrected chi connectivity index (χ0v) is 16.2. The van der Waals surface area contributed by atoms with Crippen LogP contribution in [0, 0.1) is 11.3 Å². The van der Waals surface area contributed by atoms with Gasteiger partial charge in [0.2, 0.25) is 0 Å². The van der Waals surface area contributed by atoms with Gasteiger partial charge >= 0.3 is 0 Å². The number of piperidine rings is 1. The summed E-state index contributed by atoms with van der Waals surface area (Å²) in [5.74, 6) is -0.109. The number of carbonyl (C=O) groups is 1. The summed E-state index contributed by atoms with van der Waals surface area (Å²) in [6.45, 7) is 3.98. The number of amides is 1. The maximum Gasteiger partial charge on any atom is 0.270 e. The number of nitrogens with one attached hydrogen (secondary N) is 1. The molecule has 2 aromatic rings. The zero-order chi connectivity index (χ0) is 19.5. The summed E-state index contributed by atoms with van der Waals surface area (Å²) in [6, 6.07) is 3.47. The highest BCUT2D eigenvalue weighted by Gasteiger charge is 2.38. The molecule has 1 N–H and O–H groups in total. The minimum Gasteiger partial charge on any atom is -0.373 e. The van der Waals surface area contributed by atoms with Crippen molar-refractivity contribution >= 4 is 5.91 Å². The van der Waals surface area contributed by atoms with Crippen LogP contribution >= 0.6 is 0 Å². The van der Waals surface area contributed by atoms with E-state index in [1.165, 1.54) is 19.3 Å². The van der Waals surface area contributed by atoms with Gasteiger partial charge in [-0.05, 0) is 32.0 Å². The van der Waals surface area contributed by atoms with Gasteiger partial charge in [0, 0.05) is 38.1 Å². The Morgan fingerprint density at radius 1 is 1.36 bits per heavy atom. The van der Waals surface area contributed by atoms with Crippen LogP contribution in [-0.2, 0) is 11.8 Å². The van der Waals surface area contributed by atoms with E-state index in [0.29, 0.717) is 24.4 Å². The average molecular weight is 382 g/mol. The molecule has 2 aliphatic heterocycles. The Bertz CT molecular complexity index is 860. The Morgan fingerprint density at radius 3 is 2.86 bits per heavy atom. The first kappa shape index (κ1) is 18.7. The van der Waals surface area contributed by atoms with Crippen LogP contribution in [0.4, 0.5) is 0 Å². The number of rotatable bonds is 4. The van der Waals surface area contributed by atoms with E-state index in [-0.39, 0.29) is 18.1 Å². The number of nitrogens with zero attached hydrogens (tertiary/aromatic N) is 5. The van der Waals surface area contributed by atoms with Gasteiger partial charge in [0.25, 0.3) is 5.91 Å². The van der Waals surface area contributed by atoms with E-state index in [0.717, 1.165) is 25.2 Å². The van der Waals surface area contributed by atoms with Crippen LogP contribution in [0.5, 0.6) is 0 Å². The fourth-order valence-corrected chi connectivity index (χ4v) is 4.23. The Morgan fingerprint density at radius 2 is 2.18 bits per heavy atom. The number of hydrogen-bond acceptors (Lipinski definition) is 5. The van der Waals surface area contributed by atoms with Crippen LogP contribution in [0.1, 0.15) is 46.9 Å². The lowest BCUT2D eigenvalue weighted by molar-refractivity contribution is -0.0742. The van der Waals surface area contributed by atoms with Gasteiger partial charge in [-0.15, -0.1) is 0 Å². The molecule has 2 aliphatic rings. The predicted molar refractivity (Wildman–Crippen MR) is 103 cm³/mol. The Hall–Kier alpha value is -2.63. The number of aromatic amines is 1. The summed E-state index contributed by atoms with van der Waals surface area (Å²) in [6.07, 6.45) is 8.95. The summed E-state index contributed by atoms with van der Waals surface area (Å²) < 4.78 is 7.92. The summed E-state index contributed by atoms with van der Waals surface area (Å²) in [5, 5.41) is 13.4. The topological polar surface area (TPSA) is 90.2 Å². The lowest BCUT2D eigenvalue weighted by atomic mass is 9.99. The number of nitriles is 1. The van der Waals surface area contributed by atoms with E-state index in [2.05, 4.69) is 21.1 Å². The van der Waals surface area contributed by atoms with Crippen LogP contribution in [0.2, 0.25) is 0 Å². The SMILES string of the molecule is Cn1cc([C@H]2[C@H](CN3CCCCC3)OCCN2C(=O)c2cc(C#N)c[nH]2)cn1. The molecular formula is C20H26N6O2.